The van der Waals surface area contributed by atoms with E-state index in [9.17, 15) is 24.4 Å². The first-order chi connectivity index (χ1) is 12.6. The van der Waals surface area contributed by atoms with Crippen LogP contribution in [0.3, 0.4) is 0 Å². The summed E-state index contributed by atoms with van der Waals surface area (Å²) in [6, 6.07) is 6.82. The number of anilines is 1. The molecule has 0 fully saturated rings. The number of carbonyl (C=O) groups excluding carboxylic acids is 4. The molecule has 0 aromatic heterocycles. The zero-order chi connectivity index (χ0) is 20.6. The van der Waals surface area contributed by atoms with E-state index < -0.39 is 29.2 Å². The largest absolute Gasteiger partial charge is 0.366 e. The number of hydrogen-bond acceptors (Lipinski definition) is 6. The predicted molar refractivity (Wildman–Crippen MR) is 97.3 cm³/mol. The van der Waals surface area contributed by atoms with Crippen molar-refractivity contribution in [2.45, 2.75) is 20.3 Å². The summed E-state index contributed by atoms with van der Waals surface area (Å²) >= 11 is 0. The second-order valence-electron chi connectivity index (χ2n) is 6.33. The lowest BCUT2D eigenvalue weighted by Gasteiger charge is -2.21. The highest BCUT2D eigenvalue weighted by Crippen LogP contribution is 2.24. The van der Waals surface area contributed by atoms with Crippen LogP contribution in [0.5, 0.6) is 0 Å². The minimum Gasteiger partial charge on any atom is -0.366 e. The lowest BCUT2D eigenvalue weighted by atomic mass is 9.82. The van der Waals surface area contributed by atoms with Crippen molar-refractivity contribution in [3.05, 3.63) is 29.8 Å². The summed E-state index contributed by atoms with van der Waals surface area (Å²) in [6.45, 7) is 3.17. The summed E-state index contributed by atoms with van der Waals surface area (Å²) in [4.78, 5) is 46.2. The molecule has 0 unspecified atom stereocenters. The van der Waals surface area contributed by atoms with Crippen LogP contribution in [-0.2, 0) is 9.59 Å². The predicted octanol–water partition coefficient (Wildman–Crippen LogP) is 0.503. The number of rotatable bonds is 8. The Hall–Kier alpha value is -3.74. The van der Waals surface area contributed by atoms with Crippen molar-refractivity contribution in [3.8, 4) is 6.07 Å². The summed E-state index contributed by atoms with van der Waals surface area (Å²) in [5.41, 5.74) is 11.0. The quantitative estimate of drug-likeness (QED) is 0.294. The van der Waals surface area contributed by atoms with Crippen molar-refractivity contribution < 1.29 is 19.2 Å². The number of hydrazone groups is 1. The van der Waals surface area contributed by atoms with Crippen LogP contribution < -0.4 is 22.2 Å². The van der Waals surface area contributed by atoms with Crippen molar-refractivity contribution in [3.63, 3.8) is 0 Å². The Morgan fingerprint density at radius 2 is 1.93 bits per heavy atom. The lowest BCUT2D eigenvalue weighted by Crippen LogP contribution is -2.36. The van der Waals surface area contributed by atoms with Gasteiger partial charge in [0.15, 0.2) is 0 Å². The first-order valence-corrected chi connectivity index (χ1v) is 7.80. The minimum atomic E-state index is -1.13. The molecular weight excluding hydrogens is 352 g/mol. The fourth-order valence-corrected chi connectivity index (χ4v) is 2.17. The van der Waals surface area contributed by atoms with E-state index in [0.717, 1.165) is 0 Å². The highest BCUT2D eigenvalue weighted by Gasteiger charge is 2.31. The lowest BCUT2D eigenvalue weighted by molar-refractivity contribution is -0.115. The molecule has 6 N–H and O–H groups in total. The van der Waals surface area contributed by atoms with Gasteiger partial charge in [0.25, 0.3) is 11.8 Å². The molecule has 0 bridgehead atoms. The number of hydrogen-bond donors (Lipinski definition) is 4. The average molecular weight is 372 g/mol. The first kappa shape index (κ1) is 21.3. The molecule has 0 aliphatic heterocycles. The SMILES string of the molecule is CC(C)(C=O)C[C@H](C#N)/C(=N/NC(N)=O)C(=O)Nc1ccccc1C(N)=O. The zero-order valence-electron chi connectivity index (χ0n) is 14.9. The van der Waals surface area contributed by atoms with Crippen LogP contribution in [0.15, 0.2) is 29.4 Å². The van der Waals surface area contributed by atoms with Gasteiger partial charge in [-0.05, 0) is 18.6 Å². The summed E-state index contributed by atoms with van der Waals surface area (Å²) in [7, 11) is 0. The highest BCUT2D eigenvalue weighted by atomic mass is 16.2. The van der Waals surface area contributed by atoms with E-state index >= 15 is 0 Å². The van der Waals surface area contributed by atoms with Gasteiger partial charge in [-0.2, -0.15) is 10.4 Å². The monoisotopic (exact) mass is 372 g/mol. The van der Waals surface area contributed by atoms with Gasteiger partial charge >= 0.3 is 6.03 Å². The van der Waals surface area contributed by atoms with Gasteiger partial charge < -0.3 is 21.6 Å². The van der Waals surface area contributed by atoms with E-state index in [1.54, 1.807) is 26.0 Å². The Kier molecular flexibility index (Phi) is 7.18. The molecule has 10 heteroatoms. The number of urea groups is 1. The molecule has 0 radical (unpaired) electrons. The standard InChI is InChI=1S/C17H20N6O4/c1-17(2,9-24)7-10(8-18)13(22-23-16(20)27)15(26)21-12-6-4-3-5-11(12)14(19)25/h3-6,9-10H,7H2,1-2H3,(H2,19,25)(H,21,26)(H3,20,23,27)/b22-13-/t10-/m1/s1. The fourth-order valence-electron chi connectivity index (χ4n) is 2.17. The summed E-state index contributed by atoms with van der Waals surface area (Å²) in [5.74, 6) is -2.75. The van der Waals surface area contributed by atoms with Crippen LogP contribution in [0, 0.1) is 22.7 Å². The minimum absolute atomic E-state index is 0.0306. The summed E-state index contributed by atoms with van der Waals surface area (Å²) in [6.07, 6.45) is 0.619. The van der Waals surface area contributed by atoms with Gasteiger partial charge in [-0.25, -0.2) is 10.2 Å². The normalized spacial score (nSPS) is 12.4. The van der Waals surface area contributed by atoms with Crippen molar-refractivity contribution in [2.75, 3.05) is 5.32 Å². The summed E-state index contributed by atoms with van der Waals surface area (Å²) in [5, 5.41) is 15.5. The number of aldehydes is 1. The van der Waals surface area contributed by atoms with Gasteiger partial charge in [0.2, 0.25) is 0 Å². The van der Waals surface area contributed by atoms with Gasteiger partial charge in [-0.15, -0.1) is 0 Å². The average Bonchev–Trinajstić information content (AvgIpc) is 2.60. The molecule has 0 saturated carbocycles. The molecule has 10 nitrogen and oxygen atoms in total. The highest BCUT2D eigenvalue weighted by molar-refractivity contribution is 6.44. The maximum absolute atomic E-state index is 12.6. The number of carbonyl (C=O) groups is 4. The molecule has 0 heterocycles. The van der Waals surface area contributed by atoms with E-state index in [-0.39, 0.29) is 23.4 Å². The van der Waals surface area contributed by atoms with E-state index in [0.29, 0.717) is 6.29 Å². The van der Waals surface area contributed by atoms with Crippen LogP contribution in [0.25, 0.3) is 0 Å². The van der Waals surface area contributed by atoms with Crippen LogP contribution in [0.1, 0.15) is 30.6 Å². The summed E-state index contributed by atoms with van der Waals surface area (Å²) < 4.78 is 0. The maximum Gasteiger partial charge on any atom is 0.332 e. The van der Waals surface area contributed by atoms with Crippen LogP contribution in [-0.4, -0.2) is 29.8 Å². The number of nitrogens with one attached hydrogen (secondary N) is 2. The smallest absolute Gasteiger partial charge is 0.332 e. The third kappa shape index (κ3) is 6.24. The van der Waals surface area contributed by atoms with E-state index in [1.807, 2.05) is 11.5 Å². The second-order valence-corrected chi connectivity index (χ2v) is 6.33. The Morgan fingerprint density at radius 1 is 1.30 bits per heavy atom. The van der Waals surface area contributed by atoms with Gasteiger partial charge in [0.1, 0.15) is 12.0 Å². The number of benzene rings is 1. The third-order valence-electron chi connectivity index (χ3n) is 3.50. The molecule has 27 heavy (non-hydrogen) atoms. The molecule has 4 amide bonds. The maximum atomic E-state index is 12.6. The molecule has 1 atom stereocenters. The Morgan fingerprint density at radius 3 is 2.44 bits per heavy atom. The Labute approximate surface area is 155 Å². The number of amides is 4. The van der Waals surface area contributed by atoms with E-state index in [1.165, 1.54) is 12.1 Å². The molecule has 1 rings (SSSR count). The third-order valence-corrected chi connectivity index (χ3v) is 3.50. The fraction of sp³-hybridized carbons (Fsp3) is 0.294. The van der Waals surface area contributed by atoms with Gasteiger partial charge in [-0.3, -0.25) is 9.59 Å². The molecule has 0 aliphatic carbocycles. The number of nitriles is 1. The molecule has 1 aromatic carbocycles. The van der Waals surface area contributed by atoms with E-state index in [4.69, 9.17) is 11.5 Å². The molecule has 0 spiro atoms. The molecule has 0 aliphatic rings. The molecule has 0 saturated heterocycles. The number of para-hydroxylation sites is 1. The van der Waals surface area contributed by atoms with Crippen molar-refractivity contribution in [1.82, 2.24) is 5.43 Å². The van der Waals surface area contributed by atoms with Gasteiger partial charge in [0, 0.05) is 5.41 Å². The van der Waals surface area contributed by atoms with Crippen molar-refractivity contribution in [1.29, 1.82) is 5.26 Å². The van der Waals surface area contributed by atoms with Gasteiger partial charge in [-0.1, -0.05) is 26.0 Å². The first-order valence-electron chi connectivity index (χ1n) is 7.80. The zero-order valence-corrected chi connectivity index (χ0v) is 14.9. The van der Waals surface area contributed by atoms with Gasteiger partial charge in [0.05, 0.1) is 23.2 Å². The Balaban J connectivity index is 3.24. The van der Waals surface area contributed by atoms with Crippen molar-refractivity contribution >= 4 is 35.5 Å². The topological polar surface area (TPSA) is 181 Å². The molecule has 142 valence electrons. The van der Waals surface area contributed by atoms with E-state index in [2.05, 4.69) is 10.4 Å². The molecular formula is C17H20N6O4. The van der Waals surface area contributed by atoms with Crippen LogP contribution in [0.4, 0.5) is 10.5 Å². The van der Waals surface area contributed by atoms with Crippen LogP contribution in [0.2, 0.25) is 0 Å². The number of nitrogens with two attached hydrogens (primary N) is 2. The van der Waals surface area contributed by atoms with Crippen LogP contribution >= 0.6 is 0 Å². The Bertz CT molecular complexity index is 825. The molecule has 1 aromatic rings. The number of nitrogens with zero attached hydrogens (tertiary/aromatic N) is 2. The van der Waals surface area contributed by atoms with Crippen molar-refractivity contribution in [2.24, 2.45) is 27.9 Å². The number of primary amides is 2. The second kappa shape index (κ2) is 9.10.